The first-order chi connectivity index (χ1) is 13.3. The second kappa shape index (κ2) is 7.78. The number of carbonyl (C=O) groups is 2. The zero-order valence-electron chi connectivity index (χ0n) is 16.0. The number of para-hydroxylation sites is 2. The van der Waals surface area contributed by atoms with E-state index >= 15 is 0 Å². The zero-order chi connectivity index (χ0) is 20.5. The van der Waals surface area contributed by atoms with Gasteiger partial charge < -0.3 is 9.80 Å². The van der Waals surface area contributed by atoms with Gasteiger partial charge in [0.25, 0.3) is 0 Å². The number of piperazine rings is 1. The van der Waals surface area contributed by atoms with E-state index in [0.29, 0.717) is 38.1 Å². The van der Waals surface area contributed by atoms with Crippen LogP contribution in [0.4, 0.5) is 0 Å². The molecule has 0 spiro atoms. The van der Waals surface area contributed by atoms with Crippen LogP contribution in [0.1, 0.15) is 20.3 Å². The first-order valence-corrected chi connectivity index (χ1v) is 10.8. The van der Waals surface area contributed by atoms with Gasteiger partial charge in [0, 0.05) is 33.1 Å². The standard InChI is InChI=1S/C18H24N4O5S/c1-3-12-28(26,27)22-16-7-5-4-6-15(16)21(18(22)25)13-17(24)20-10-8-19(9-11-20)14(2)23/h4-7H,3,8-13H2,1-2H3. The van der Waals surface area contributed by atoms with Crippen LogP contribution in [0.15, 0.2) is 29.1 Å². The maximum atomic E-state index is 12.9. The van der Waals surface area contributed by atoms with E-state index in [9.17, 15) is 22.8 Å². The molecule has 0 bridgehead atoms. The fourth-order valence-electron chi connectivity index (χ4n) is 3.46. The highest BCUT2D eigenvalue weighted by molar-refractivity contribution is 7.90. The number of nitrogens with zero attached hydrogens (tertiary/aromatic N) is 4. The average molecular weight is 408 g/mol. The van der Waals surface area contributed by atoms with Crippen LogP contribution in [0.25, 0.3) is 11.0 Å². The molecule has 0 aliphatic carbocycles. The molecular formula is C18H24N4O5S. The number of rotatable bonds is 5. The summed E-state index contributed by atoms with van der Waals surface area (Å²) in [5.74, 6) is -0.462. The van der Waals surface area contributed by atoms with Gasteiger partial charge in [0.15, 0.2) is 0 Å². The lowest BCUT2D eigenvalue weighted by atomic mass is 10.3. The second-order valence-corrected chi connectivity index (χ2v) is 8.76. The van der Waals surface area contributed by atoms with Gasteiger partial charge in [-0.3, -0.25) is 14.2 Å². The molecular weight excluding hydrogens is 384 g/mol. The lowest BCUT2D eigenvalue weighted by Crippen LogP contribution is -2.51. The average Bonchev–Trinajstić information content (AvgIpc) is 2.94. The summed E-state index contributed by atoms with van der Waals surface area (Å²) in [6, 6.07) is 6.56. The third kappa shape index (κ3) is 3.68. The van der Waals surface area contributed by atoms with Gasteiger partial charge in [-0.25, -0.2) is 13.2 Å². The Balaban J connectivity index is 1.92. The summed E-state index contributed by atoms with van der Waals surface area (Å²) >= 11 is 0. The number of hydrogen-bond acceptors (Lipinski definition) is 5. The molecule has 1 saturated heterocycles. The summed E-state index contributed by atoms with van der Waals surface area (Å²) in [7, 11) is -3.81. The molecule has 1 aromatic carbocycles. The van der Waals surface area contributed by atoms with Crippen molar-refractivity contribution in [2.45, 2.75) is 26.8 Å². The number of amides is 2. The van der Waals surface area contributed by atoms with Gasteiger partial charge in [0.2, 0.25) is 21.8 Å². The Bertz CT molecular complexity index is 1060. The van der Waals surface area contributed by atoms with Crippen LogP contribution in [-0.4, -0.2) is 70.5 Å². The van der Waals surface area contributed by atoms with Crippen molar-refractivity contribution in [3.63, 3.8) is 0 Å². The van der Waals surface area contributed by atoms with Crippen molar-refractivity contribution >= 4 is 32.9 Å². The van der Waals surface area contributed by atoms with Crippen LogP contribution < -0.4 is 5.69 Å². The molecule has 1 aromatic heterocycles. The minimum absolute atomic E-state index is 0.0347. The van der Waals surface area contributed by atoms with Crippen molar-refractivity contribution in [2.75, 3.05) is 31.9 Å². The normalized spacial score (nSPS) is 15.2. The minimum Gasteiger partial charge on any atom is -0.339 e. The molecule has 0 unspecified atom stereocenters. The molecule has 10 heteroatoms. The first kappa shape index (κ1) is 20.1. The molecule has 28 heavy (non-hydrogen) atoms. The number of benzene rings is 1. The van der Waals surface area contributed by atoms with Crippen LogP contribution in [0.2, 0.25) is 0 Å². The fraction of sp³-hybridized carbons (Fsp3) is 0.500. The SMILES string of the molecule is CCCS(=O)(=O)n1c(=O)n(CC(=O)N2CCN(C(C)=O)CC2)c2ccccc21. The van der Waals surface area contributed by atoms with Crippen LogP contribution in [-0.2, 0) is 26.2 Å². The summed E-state index contributed by atoms with van der Waals surface area (Å²) in [6.45, 7) is 4.65. The van der Waals surface area contributed by atoms with Gasteiger partial charge in [-0.2, -0.15) is 3.97 Å². The smallest absolute Gasteiger partial charge is 0.339 e. The molecule has 152 valence electrons. The topological polar surface area (TPSA) is 102 Å². The molecule has 0 saturated carbocycles. The molecule has 2 heterocycles. The highest BCUT2D eigenvalue weighted by Gasteiger charge is 2.26. The lowest BCUT2D eigenvalue weighted by molar-refractivity contribution is -0.138. The van der Waals surface area contributed by atoms with Gasteiger partial charge in [0.1, 0.15) is 6.54 Å². The number of hydrogen-bond donors (Lipinski definition) is 0. The van der Waals surface area contributed by atoms with Crippen molar-refractivity contribution in [1.29, 1.82) is 0 Å². The molecule has 1 aliphatic heterocycles. The highest BCUT2D eigenvalue weighted by Crippen LogP contribution is 2.16. The quantitative estimate of drug-likeness (QED) is 0.697. The van der Waals surface area contributed by atoms with E-state index in [4.69, 9.17) is 0 Å². The first-order valence-electron chi connectivity index (χ1n) is 9.23. The molecule has 1 fully saturated rings. The monoisotopic (exact) mass is 408 g/mol. The fourth-order valence-corrected chi connectivity index (χ4v) is 4.95. The van der Waals surface area contributed by atoms with Gasteiger partial charge in [-0.15, -0.1) is 0 Å². The van der Waals surface area contributed by atoms with E-state index in [0.717, 1.165) is 3.97 Å². The molecule has 9 nitrogen and oxygen atoms in total. The van der Waals surface area contributed by atoms with E-state index in [1.54, 1.807) is 41.0 Å². The van der Waals surface area contributed by atoms with Crippen molar-refractivity contribution in [2.24, 2.45) is 0 Å². The Morgan fingerprint density at radius 2 is 1.57 bits per heavy atom. The number of imidazole rings is 1. The summed E-state index contributed by atoms with van der Waals surface area (Å²) < 4.78 is 27.2. The molecule has 2 amide bonds. The Morgan fingerprint density at radius 1 is 1.00 bits per heavy atom. The number of aromatic nitrogens is 2. The van der Waals surface area contributed by atoms with E-state index < -0.39 is 15.7 Å². The molecule has 0 N–H and O–H groups in total. The van der Waals surface area contributed by atoms with Crippen molar-refractivity contribution in [3.05, 3.63) is 34.7 Å². The van der Waals surface area contributed by atoms with Crippen molar-refractivity contribution in [1.82, 2.24) is 18.3 Å². The summed E-state index contributed by atoms with van der Waals surface area (Å²) in [5, 5.41) is 0. The molecule has 3 rings (SSSR count). The third-order valence-corrected chi connectivity index (χ3v) is 6.74. The molecule has 0 atom stereocenters. The predicted octanol–water partition coefficient (Wildman–Crippen LogP) is 0.0816. The predicted molar refractivity (Wildman–Crippen MR) is 105 cm³/mol. The maximum Gasteiger partial charge on any atom is 0.343 e. The molecule has 1 aliphatic rings. The van der Waals surface area contributed by atoms with Crippen molar-refractivity contribution < 1.29 is 18.0 Å². The number of fused-ring (bicyclic) bond motifs is 1. The van der Waals surface area contributed by atoms with E-state index in [-0.39, 0.29) is 29.6 Å². The largest absolute Gasteiger partial charge is 0.343 e. The van der Waals surface area contributed by atoms with E-state index in [2.05, 4.69) is 0 Å². The van der Waals surface area contributed by atoms with Gasteiger partial charge in [-0.05, 0) is 18.6 Å². The summed E-state index contributed by atoms with van der Waals surface area (Å²) in [5.41, 5.74) is -0.0524. The maximum absolute atomic E-state index is 12.9. The Labute approximate surface area is 163 Å². The van der Waals surface area contributed by atoms with Crippen LogP contribution in [0, 0.1) is 0 Å². The van der Waals surface area contributed by atoms with E-state index in [1.165, 1.54) is 11.5 Å². The van der Waals surface area contributed by atoms with Crippen LogP contribution in [0.3, 0.4) is 0 Å². The summed E-state index contributed by atoms with van der Waals surface area (Å²) in [6.07, 6.45) is 0.383. The molecule has 2 aromatic rings. The Hall–Kier alpha value is -2.62. The second-order valence-electron chi connectivity index (χ2n) is 6.82. The summed E-state index contributed by atoms with van der Waals surface area (Å²) in [4.78, 5) is 40.3. The molecule has 0 radical (unpaired) electrons. The Kier molecular flexibility index (Phi) is 5.59. The van der Waals surface area contributed by atoms with Gasteiger partial charge in [-0.1, -0.05) is 19.1 Å². The van der Waals surface area contributed by atoms with Crippen LogP contribution >= 0.6 is 0 Å². The lowest BCUT2D eigenvalue weighted by Gasteiger charge is -2.34. The minimum atomic E-state index is -3.81. The highest BCUT2D eigenvalue weighted by atomic mass is 32.2. The van der Waals surface area contributed by atoms with Gasteiger partial charge in [0.05, 0.1) is 16.8 Å². The zero-order valence-corrected chi connectivity index (χ0v) is 16.8. The third-order valence-electron chi connectivity index (χ3n) is 4.91. The Morgan fingerprint density at radius 3 is 2.14 bits per heavy atom. The van der Waals surface area contributed by atoms with Crippen LogP contribution in [0.5, 0.6) is 0 Å². The van der Waals surface area contributed by atoms with E-state index in [1.807, 2.05) is 0 Å². The number of carbonyl (C=O) groups excluding carboxylic acids is 2. The van der Waals surface area contributed by atoms with Gasteiger partial charge >= 0.3 is 5.69 Å². The van der Waals surface area contributed by atoms with Crippen molar-refractivity contribution in [3.8, 4) is 0 Å².